The van der Waals surface area contributed by atoms with Crippen LogP contribution in [0.25, 0.3) is 5.69 Å². The van der Waals surface area contributed by atoms with Crippen molar-refractivity contribution in [2.75, 3.05) is 18.4 Å². The summed E-state index contributed by atoms with van der Waals surface area (Å²) in [5, 5.41) is 19.1. The Hall–Kier alpha value is -4.01. The van der Waals surface area contributed by atoms with E-state index >= 15 is 0 Å². The number of nitro groups is 1. The number of benzene rings is 2. The van der Waals surface area contributed by atoms with E-state index in [2.05, 4.69) is 26.1 Å². The second kappa shape index (κ2) is 11.4. The smallest absolute Gasteiger partial charge is 0.273 e. The first-order chi connectivity index (χ1) is 17.4. The zero-order valence-corrected chi connectivity index (χ0v) is 22.4. The highest BCUT2D eigenvalue weighted by Gasteiger charge is 2.25. The predicted molar refractivity (Wildman–Crippen MR) is 144 cm³/mol. The molecule has 0 saturated heterocycles. The molecule has 37 heavy (non-hydrogen) atoms. The molecule has 0 spiro atoms. The number of nitrogens with zero attached hydrogens (tertiary/aromatic N) is 4. The molecule has 9 heteroatoms. The minimum Gasteiger partial charge on any atom is -0.329 e. The lowest BCUT2D eigenvalue weighted by Crippen LogP contribution is -2.39. The quantitative estimate of drug-likeness (QED) is 0.302. The standard InChI is InChI=1S/C28H35N5O4/c1-7-8-15-31(27(35)21-14-13-20(3)23(16-21)33(36)37)18-26(34)29-25-17-24(28(4,5)6)30-32(25)22-12-10-9-11-19(22)2/h9-14,16-17H,7-8,15,18H2,1-6H3,(H,29,34). The molecule has 1 aromatic heterocycles. The Kier molecular flexibility index (Phi) is 8.47. The summed E-state index contributed by atoms with van der Waals surface area (Å²) in [6.45, 7) is 11.9. The van der Waals surface area contributed by atoms with Crippen LogP contribution in [0.15, 0.2) is 48.5 Å². The summed E-state index contributed by atoms with van der Waals surface area (Å²) in [6, 6.07) is 14.0. The van der Waals surface area contributed by atoms with Gasteiger partial charge in [0.25, 0.3) is 11.6 Å². The van der Waals surface area contributed by atoms with E-state index in [0.29, 0.717) is 24.3 Å². The SMILES string of the molecule is CCCCN(CC(=O)Nc1cc(C(C)(C)C)nn1-c1ccccc1C)C(=O)c1ccc(C)c([N+](=O)[O-])c1. The van der Waals surface area contributed by atoms with Gasteiger partial charge in [-0.3, -0.25) is 19.7 Å². The zero-order valence-electron chi connectivity index (χ0n) is 22.4. The Morgan fingerprint density at radius 1 is 1.08 bits per heavy atom. The van der Waals surface area contributed by atoms with Gasteiger partial charge in [0.2, 0.25) is 5.91 Å². The van der Waals surface area contributed by atoms with E-state index in [1.807, 2.05) is 44.2 Å². The van der Waals surface area contributed by atoms with Gasteiger partial charge in [-0.05, 0) is 38.0 Å². The van der Waals surface area contributed by atoms with Crippen LogP contribution < -0.4 is 5.32 Å². The van der Waals surface area contributed by atoms with Crippen molar-refractivity contribution in [1.29, 1.82) is 0 Å². The lowest BCUT2D eigenvalue weighted by atomic mass is 9.92. The van der Waals surface area contributed by atoms with Gasteiger partial charge in [0.05, 0.1) is 16.3 Å². The molecule has 0 bridgehead atoms. The molecule has 1 heterocycles. The number of carbonyl (C=O) groups excluding carboxylic acids is 2. The molecule has 0 unspecified atom stereocenters. The number of aryl methyl sites for hydroxylation is 2. The van der Waals surface area contributed by atoms with Gasteiger partial charge in [-0.1, -0.05) is 58.4 Å². The van der Waals surface area contributed by atoms with Gasteiger partial charge in [0.1, 0.15) is 12.4 Å². The summed E-state index contributed by atoms with van der Waals surface area (Å²) in [6.07, 6.45) is 1.52. The molecule has 3 rings (SSSR count). The fourth-order valence-electron chi connectivity index (χ4n) is 3.90. The van der Waals surface area contributed by atoms with Crippen molar-refractivity contribution < 1.29 is 14.5 Å². The number of anilines is 1. The molecule has 0 fully saturated rings. The molecule has 0 radical (unpaired) electrons. The van der Waals surface area contributed by atoms with Crippen LogP contribution in [0.2, 0.25) is 0 Å². The number of aromatic nitrogens is 2. The van der Waals surface area contributed by atoms with E-state index < -0.39 is 10.8 Å². The van der Waals surface area contributed by atoms with Crippen LogP contribution in [0, 0.1) is 24.0 Å². The maximum Gasteiger partial charge on any atom is 0.273 e. The van der Waals surface area contributed by atoms with E-state index in [1.165, 1.54) is 11.0 Å². The maximum absolute atomic E-state index is 13.3. The number of amides is 2. The van der Waals surface area contributed by atoms with Crippen LogP contribution >= 0.6 is 0 Å². The second-order valence-corrected chi connectivity index (χ2v) is 10.2. The highest BCUT2D eigenvalue weighted by Crippen LogP contribution is 2.27. The van der Waals surface area contributed by atoms with Gasteiger partial charge in [0, 0.05) is 35.2 Å². The first-order valence-corrected chi connectivity index (χ1v) is 12.4. The molecule has 3 aromatic rings. The van der Waals surface area contributed by atoms with Crippen LogP contribution in [0.5, 0.6) is 0 Å². The van der Waals surface area contributed by atoms with Crippen LogP contribution in [0.4, 0.5) is 11.5 Å². The third-order valence-corrected chi connectivity index (χ3v) is 6.14. The summed E-state index contributed by atoms with van der Waals surface area (Å²) in [4.78, 5) is 38.8. The molecule has 0 aliphatic heterocycles. The van der Waals surface area contributed by atoms with E-state index in [4.69, 9.17) is 5.10 Å². The molecule has 0 aliphatic rings. The molecule has 9 nitrogen and oxygen atoms in total. The summed E-state index contributed by atoms with van der Waals surface area (Å²) in [7, 11) is 0. The lowest BCUT2D eigenvalue weighted by molar-refractivity contribution is -0.385. The number of carbonyl (C=O) groups is 2. The van der Waals surface area contributed by atoms with Crippen molar-refractivity contribution in [3.8, 4) is 5.69 Å². The average Bonchev–Trinajstić information content (AvgIpc) is 3.25. The molecule has 196 valence electrons. The predicted octanol–water partition coefficient (Wildman–Crippen LogP) is 5.58. The minimum atomic E-state index is -0.505. The molecular formula is C28H35N5O4. The Morgan fingerprint density at radius 3 is 2.41 bits per heavy atom. The van der Waals surface area contributed by atoms with Crippen LogP contribution in [0.1, 0.15) is 67.7 Å². The van der Waals surface area contributed by atoms with Crippen molar-refractivity contribution >= 4 is 23.3 Å². The summed E-state index contributed by atoms with van der Waals surface area (Å²) in [5.74, 6) is -0.283. The molecule has 0 aliphatic carbocycles. The summed E-state index contributed by atoms with van der Waals surface area (Å²) < 4.78 is 1.72. The molecule has 2 amide bonds. The summed E-state index contributed by atoms with van der Waals surface area (Å²) >= 11 is 0. The number of hydrogen-bond donors (Lipinski definition) is 1. The highest BCUT2D eigenvalue weighted by atomic mass is 16.6. The van der Waals surface area contributed by atoms with E-state index in [-0.39, 0.29) is 29.1 Å². The zero-order chi connectivity index (χ0) is 27.3. The topological polar surface area (TPSA) is 110 Å². The molecular weight excluding hydrogens is 470 g/mol. The lowest BCUT2D eigenvalue weighted by Gasteiger charge is -2.22. The van der Waals surface area contributed by atoms with Gasteiger partial charge >= 0.3 is 0 Å². The van der Waals surface area contributed by atoms with Gasteiger partial charge in [-0.25, -0.2) is 4.68 Å². The van der Waals surface area contributed by atoms with Gasteiger partial charge < -0.3 is 10.2 Å². The van der Waals surface area contributed by atoms with E-state index in [1.54, 1.807) is 23.7 Å². The number of nitro benzene ring substituents is 1. The van der Waals surface area contributed by atoms with E-state index in [0.717, 1.165) is 23.4 Å². The highest BCUT2D eigenvalue weighted by molar-refractivity contribution is 5.99. The molecule has 0 atom stereocenters. The number of hydrogen-bond acceptors (Lipinski definition) is 5. The molecule has 1 N–H and O–H groups in total. The molecule has 2 aromatic carbocycles. The third-order valence-electron chi connectivity index (χ3n) is 6.14. The van der Waals surface area contributed by atoms with Crippen LogP contribution in [-0.4, -0.2) is 44.5 Å². The summed E-state index contributed by atoms with van der Waals surface area (Å²) in [5.41, 5.74) is 2.96. The Balaban J connectivity index is 1.89. The number of unbranched alkanes of at least 4 members (excludes halogenated alkanes) is 1. The van der Waals surface area contributed by atoms with Crippen molar-refractivity contribution in [1.82, 2.24) is 14.7 Å². The first kappa shape index (κ1) is 27.6. The number of rotatable bonds is 9. The van der Waals surface area contributed by atoms with E-state index in [9.17, 15) is 19.7 Å². The minimum absolute atomic E-state index is 0.123. The Morgan fingerprint density at radius 2 is 1.78 bits per heavy atom. The van der Waals surface area contributed by atoms with Crippen molar-refractivity contribution in [2.45, 2.75) is 59.8 Å². The van der Waals surface area contributed by atoms with Crippen molar-refractivity contribution in [3.63, 3.8) is 0 Å². The average molecular weight is 506 g/mol. The molecule has 0 saturated carbocycles. The Bertz CT molecular complexity index is 1310. The van der Waals surface area contributed by atoms with Gasteiger partial charge in [0.15, 0.2) is 0 Å². The van der Waals surface area contributed by atoms with Crippen LogP contribution in [0.3, 0.4) is 0 Å². The first-order valence-electron chi connectivity index (χ1n) is 12.4. The third kappa shape index (κ3) is 6.61. The maximum atomic E-state index is 13.3. The Labute approximate surface area is 217 Å². The second-order valence-electron chi connectivity index (χ2n) is 10.2. The van der Waals surface area contributed by atoms with Crippen LogP contribution in [-0.2, 0) is 10.2 Å². The normalized spacial score (nSPS) is 11.3. The van der Waals surface area contributed by atoms with Gasteiger partial charge in [-0.15, -0.1) is 0 Å². The van der Waals surface area contributed by atoms with Crippen molar-refractivity contribution in [3.05, 3.63) is 81.0 Å². The van der Waals surface area contributed by atoms with Gasteiger partial charge in [-0.2, -0.15) is 5.10 Å². The fourth-order valence-corrected chi connectivity index (χ4v) is 3.90. The fraction of sp³-hybridized carbons (Fsp3) is 0.393. The number of nitrogens with one attached hydrogen (secondary N) is 1. The monoisotopic (exact) mass is 505 g/mol. The van der Waals surface area contributed by atoms with Crippen molar-refractivity contribution in [2.24, 2.45) is 0 Å². The number of para-hydroxylation sites is 1. The largest absolute Gasteiger partial charge is 0.329 e.